The molecule has 2 heterocycles. The second kappa shape index (κ2) is 12.6. The molecule has 2 aromatic rings. The van der Waals surface area contributed by atoms with Crippen LogP contribution in [0.1, 0.15) is 25.0 Å². The van der Waals surface area contributed by atoms with Crippen LogP contribution < -0.4 is 9.13 Å². The van der Waals surface area contributed by atoms with Gasteiger partial charge < -0.3 is 9.11 Å². The molecular formula is C18H28N2O6S2. The van der Waals surface area contributed by atoms with Crippen molar-refractivity contribution in [1.82, 2.24) is 0 Å². The summed E-state index contributed by atoms with van der Waals surface area (Å²) < 4.78 is 62.6. The van der Waals surface area contributed by atoms with E-state index in [4.69, 9.17) is 0 Å². The summed E-state index contributed by atoms with van der Waals surface area (Å²) in [4.78, 5) is 0. The van der Waals surface area contributed by atoms with Gasteiger partial charge in [-0.1, -0.05) is 0 Å². The first kappa shape index (κ1) is 26.1. The Labute approximate surface area is 168 Å². The Hall–Kier alpha value is -1.88. The molecule has 0 saturated carbocycles. The van der Waals surface area contributed by atoms with E-state index < -0.39 is 31.7 Å². The number of hydrogen-bond donors (Lipinski definition) is 0. The average molecular weight is 433 g/mol. The van der Waals surface area contributed by atoms with Crippen molar-refractivity contribution in [3.05, 3.63) is 60.2 Å². The molecule has 0 aliphatic heterocycles. The summed E-state index contributed by atoms with van der Waals surface area (Å²) in [6.07, 6.45) is 8.43. The maximum Gasteiger partial charge on any atom is 0.171 e. The lowest BCUT2D eigenvalue weighted by Gasteiger charge is -2.08. The van der Waals surface area contributed by atoms with Crippen molar-refractivity contribution in [3.8, 4) is 0 Å². The molecule has 0 N–H and O–H groups in total. The first-order valence-corrected chi connectivity index (χ1v) is 11.8. The second-order valence-corrected chi connectivity index (χ2v) is 8.99. The van der Waals surface area contributed by atoms with E-state index in [0.29, 0.717) is 0 Å². The van der Waals surface area contributed by atoms with Gasteiger partial charge in [0.05, 0.1) is 31.7 Å². The highest BCUT2D eigenvalue weighted by Gasteiger charge is 1.99. The van der Waals surface area contributed by atoms with Crippen LogP contribution in [0, 0.1) is 13.8 Å². The summed E-state index contributed by atoms with van der Waals surface area (Å²) in [6, 6.07) is 8.34. The van der Waals surface area contributed by atoms with Gasteiger partial charge in [-0.05, 0) is 39.8 Å². The first-order valence-electron chi connectivity index (χ1n) is 8.64. The zero-order valence-electron chi connectivity index (χ0n) is 16.6. The van der Waals surface area contributed by atoms with Crippen molar-refractivity contribution < 1.29 is 35.1 Å². The molecule has 0 bridgehead atoms. The first-order chi connectivity index (χ1) is 12.9. The molecule has 158 valence electrons. The van der Waals surface area contributed by atoms with Gasteiger partial charge in [0.25, 0.3) is 0 Å². The molecule has 0 atom stereocenters. The van der Waals surface area contributed by atoms with Crippen molar-refractivity contribution >= 4 is 20.2 Å². The van der Waals surface area contributed by atoms with Gasteiger partial charge in [0.1, 0.15) is 13.1 Å². The molecule has 0 saturated heterocycles. The summed E-state index contributed by atoms with van der Waals surface area (Å²) in [6.45, 7) is 10.6. The van der Waals surface area contributed by atoms with Gasteiger partial charge in [-0.2, -0.15) is 0 Å². The van der Waals surface area contributed by atoms with Gasteiger partial charge in [-0.25, -0.2) is 26.0 Å². The number of hydrogen-bond acceptors (Lipinski definition) is 6. The van der Waals surface area contributed by atoms with Crippen LogP contribution in [0.15, 0.2) is 49.1 Å². The molecule has 0 radical (unpaired) electrons. The third kappa shape index (κ3) is 15.2. The van der Waals surface area contributed by atoms with Crippen molar-refractivity contribution in [2.75, 3.05) is 11.5 Å². The van der Waals surface area contributed by atoms with E-state index in [1.165, 1.54) is 11.1 Å². The van der Waals surface area contributed by atoms with E-state index in [2.05, 4.69) is 85.9 Å². The molecule has 0 aromatic carbocycles. The molecule has 2 aromatic heterocycles. The Balaban J connectivity index is 0.000000391. The Morgan fingerprint density at radius 2 is 1.07 bits per heavy atom. The predicted octanol–water partition coefficient (Wildman–Crippen LogP) is 0.682. The van der Waals surface area contributed by atoms with Crippen LogP contribution in [0.5, 0.6) is 0 Å². The third-order valence-electron chi connectivity index (χ3n) is 3.33. The van der Waals surface area contributed by atoms with Crippen LogP contribution >= 0.6 is 0 Å². The second-order valence-electron chi connectivity index (χ2n) is 5.95. The molecule has 28 heavy (non-hydrogen) atoms. The maximum absolute atomic E-state index is 9.72. The molecule has 0 aliphatic rings. The highest BCUT2D eigenvalue weighted by atomic mass is 32.2. The third-order valence-corrected chi connectivity index (χ3v) is 4.99. The van der Waals surface area contributed by atoms with Crippen LogP contribution in [0.3, 0.4) is 0 Å². The van der Waals surface area contributed by atoms with Gasteiger partial charge in [0.15, 0.2) is 24.8 Å². The summed E-state index contributed by atoms with van der Waals surface area (Å²) in [5.41, 5.74) is 2.64. The molecule has 10 heteroatoms. The lowest BCUT2D eigenvalue weighted by molar-refractivity contribution is -0.694. The fourth-order valence-electron chi connectivity index (χ4n) is 1.90. The van der Waals surface area contributed by atoms with Crippen LogP contribution in [0.2, 0.25) is 0 Å². The Morgan fingerprint density at radius 3 is 1.25 bits per heavy atom. The molecule has 0 spiro atoms. The lowest BCUT2D eigenvalue weighted by atomic mass is 10.3. The largest absolute Gasteiger partial charge is 0.748 e. The minimum atomic E-state index is -4.59. The predicted molar refractivity (Wildman–Crippen MR) is 103 cm³/mol. The molecular weight excluding hydrogens is 404 g/mol. The van der Waals surface area contributed by atoms with E-state index in [9.17, 15) is 25.9 Å². The van der Waals surface area contributed by atoms with Crippen LogP contribution in [-0.2, 0) is 33.3 Å². The summed E-state index contributed by atoms with van der Waals surface area (Å²) in [7, 11) is -9.17. The van der Waals surface area contributed by atoms with Crippen LogP contribution in [0.25, 0.3) is 0 Å². The smallest absolute Gasteiger partial charge is 0.171 e. The van der Waals surface area contributed by atoms with E-state index in [0.717, 1.165) is 13.1 Å². The van der Waals surface area contributed by atoms with Crippen LogP contribution in [0.4, 0.5) is 0 Å². The number of pyridine rings is 2. The van der Waals surface area contributed by atoms with Crippen molar-refractivity contribution in [1.29, 1.82) is 0 Å². The molecule has 2 rings (SSSR count). The molecule has 0 unspecified atom stereocenters. The fraction of sp³-hybridized carbons (Fsp3) is 0.444. The molecule has 0 amide bonds. The zero-order chi connectivity index (χ0) is 21.8. The van der Waals surface area contributed by atoms with E-state index >= 15 is 0 Å². The van der Waals surface area contributed by atoms with E-state index in [1.807, 2.05) is 0 Å². The normalized spacial score (nSPS) is 10.9. The van der Waals surface area contributed by atoms with Crippen molar-refractivity contribution in [2.24, 2.45) is 0 Å². The van der Waals surface area contributed by atoms with Gasteiger partial charge in [0, 0.05) is 23.3 Å². The summed E-state index contributed by atoms with van der Waals surface area (Å²) in [5.74, 6) is -2.31. The topological polar surface area (TPSA) is 122 Å². The minimum Gasteiger partial charge on any atom is -0.748 e. The van der Waals surface area contributed by atoms with Gasteiger partial charge in [0.2, 0.25) is 0 Å². The van der Waals surface area contributed by atoms with E-state index in [-0.39, 0.29) is 0 Å². The number of nitrogens with zero attached hydrogens (tertiary/aromatic N) is 2. The number of rotatable bonds is 5. The highest BCUT2D eigenvalue weighted by molar-refractivity contribution is 7.89. The maximum atomic E-state index is 9.72. The Bertz CT molecular complexity index is 851. The standard InChI is InChI=1S/2C8H12N.C2H6O6S2/c2*1-3-9-6-4-5-8(2)7-9;3-9(4,5)1-2-10(6,7)8/h2*4-7H,3H2,1-2H3;1-2H2,(H,3,4,5)(H,6,7,8)/q2*+1;/p-2. The Kier molecular flexibility index (Phi) is 11.7. The zero-order valence-corrected chi connectivity index (χ0v) is 18.2. The molecule has 0 aliphatic carbocycles. The monoisotopic (exact) mass is 432 g/mol. The quantitative estimate of drug-likeness (QED) is 0.506. The Morgan fingerprint density at radius 1 is 0.750 bits per heavy atom. The van der Waals surface area contributed by atoms with Crippen molar-refractivity contribution in [2.45, 2.75) is 40.8 Å². The average Bonchev–Trinajstić information content (AvgIpc) is 2.60. The molecule has 8 nitrogen and oxygen atoms in total. The van der Waals surface area contributed by atoms with Crippen LogP contribution in [-0.4, -0.2) is 37.4 Å². The van der Waals surface area contributed by atoms with Crippen molar-refractivity contribution in [3.63, 3.8) is 0 Å². The lowest BCUT2D eigenvalue weighted by Crippen LogP contribution is -2.30. The summed E-state index contributed by atoms with van der Waals surface area (Å²) >= 11 is 0. The fourth-order valence-corrected chi connectivity index (χ4v) is 3.54. The summed E-state index contributed by atoms with van der Waals surface area (Å²) in [5, 5.41) is 0. The molecule has 0 fully saturated rings. The van der Waals surface area contributed by atoms with E-state index in [1.54, 1.807) is 0 Å². The number of aromatic nitrogens is 2. The SMILES string of the molecule is CC[n+]1cccc(C)c1.CC[n+]1cccc(C)c1.O=S(=O)([O-])CCS(=O)(=O)[O-]. The van der Waals surface area contributed by atoms with Gasteiger partial charge in [-0.3, -0.25) is 0 Å². The van der Waals surface area contributed by atoms with Gasteiger partial charge in [-0.15, -0.1) is 0 Å². The number of aryl methyl sites for hydroxylation is 4. The highest BCUT2D eigenvalue weighted by Crippen LogP contribution is 1.89. The minimum absolute atomic E-state index is 1.06. The van der Waals surface area contributed by atoms with Gasteiger partial charge >= 0.3 is 0 Å².